The fourth-order valence-electron chi connectivity index (χ4n) is 8.13. The first kappa shape index (κ1) is 86.3. The summed E-state index contributed by atoms with van der Waals surface area (Å²) in [6.07, 6.45) is 0. The van der Waals surface area contributed by atoms with E-state index >= 15 is 0 Å². The molecule has 10 aromatic rings. The van der Waals surface area contributed by atoms with Crippen LogP contribution in [0.2, 0.25) is 10.0 Å². The fraction of sp³-hybridized carbons (Fsp3) is 0.211. The minimum atomic E-state index is -3.17. The normalized spacial score (nSPS) is 10.4. The number of benzene rings is 10. The molecule has 22 heteroatoms. The molecule has 0 aromatic heterocycles. The second-order valence-electron chi connectivity index (χ2n) is 21.6. The van der Waals surface area contributed by atoms with Gasteiger partial charge in [0.2, 0.25) is 0 Å². The van der Waals surface area contributed by atoms with Crippen molar-refractivity contribution in [2.75, 3.05) is 69.6 Å². The van der Waals surface area contributed by atoms with Gasteiger partial charge in [-0.15, -0.1) is 0 Å². The van der Waals surface area contributed by atoms with E-state index < -0.39 is 27.3 Å². The van der Waals surface area contributed by atoms with Gasteiger partial charge in [0.25, 0.3) is 0 Å². The molecule has 0 radical (unpaired) electrons. The molecule has 0 spiro atoms. The molecular formula is C76H82Cl2I4N6O8P2. The molecular weight excluding hydrogens is 1770 g/mol. The molecule has 0 saturated heterocycles. The Morgan fingerprint density at radius 1 is 0.459 bits per heavy atom. The number of aryl methyl sites for hydroxylation is 4. The van der Waals surface area contributed by atoms with E-state index in [1.807, 2.05) is 46.9 Å². The quantitative estimate of drug-likeness (QED) is 0.0644. The molecule has 0 aliphatic rings. The summed E-state index contributed by atoms with van der Waals surface area (Å²) in [7, 11) is 7.14. The summed E-state index contributed by atoms with van der Waals surface area (Å²) in [4.78, 5) is 23.5. The van der Waals surface area contributed by atoms with Gasteiger partial charge in [-0.1, -0.05) is 162 Å². The number of hydrogen-bond acceptors (Lipinski definition) is 10. The molecule has 0 fully saturated rings. The molecule has 0 amide bonds. The number of halogens is 6. The Balaban J connectivity index is 0.000000300. The van der Waals surface area contributed by atoms with Crippen LogP contribution in [0.25, 0.3) is 21.5 Å². The molecule has 98 heavy (non-hydrogen) atoms. The minimum Gasteiger partial charge on any atom is -0.462 e. The van der Waals surface area contributed by atoms with Crippen LogP contribution in [0.1, 0.15) is 67.9 Å². The molecule has 0 bridgehead atoms. The third kappa shape index (κ3) is 28.9. The molecule has 0 unspecified atom stereocenters. The van der Waals surface area contributed by atoms with Crippen LogP contribution in [0.3, 0.4) is 0 Å². The Hall–Kier alpha value is -5.96. The molecule has 0 atom stereocenters. The van der Waals surface area contributed by atoms with Crippen molar-refractivity contribution in [3.63, 3.8) is 0 Å². The van der Waals surface area contributed by atoms with Gasteiger partial charge < -0.3 is 18.5 Å². The van der Waals surface area contributed by atoms with Crippen LogP contribution < -0.4 is 9.05 Å². The van der Waals surface area contributed by atoms with Gasteiger partial charge in [0.05, 0.1) is 45.1 Å². The lowest BCUT2D eigenvalue weighted by molar-refractivity contribution is 0.0516. The molecule has 0 aliphatic carbocycles. The lowest BCUT2D eigenvalue weighted by atomic mass is 10.1. The average Bonchev–Trinajstić information content (AvgIpc) is 0.821. The first-order valence-electron chi connectivity index (χ1n) is 30.3. The number of ether oxygens (including phenoxy) is 2. The first-order chi connectivity index (χ1) is 46.5. The van der Waals surface area contributed by atoms with Gasteiger partial charge in [-0.05, 0) is 311 Å². The summed E-state index contributed by atoms with van der Waals surface area (Å²) < 4.78 is 57.0. The van der Waals surface area contributed by atoms with Crippen LogP contribution in [0.4, 0.5) is 0 Å². The van der Waals surface area contributed by atoms with E-state index in [9.17, 15) is 18.7 Å². The van der Waals surface area contributed by atoms with Crippen molar-refractivity contribution >= 4 is 162 Å². The summed E-state index contributed by atoms with van der Waals surface area (Å²) in [5.74, 6) is -0.0902. The lowest BCUT2D eigenvalue weighted by Crippen LogP contribution is -2.24. The maximum atomic E-state index is 12.9. The van der Waals surface area contributed by atoms with E-state index in [-0.39, 0.29) is 0 Å². The molecule has 10 rings (SSSR count). The van der Waals surface area contributed by atoms with Gasteiger partial charge in [0, 0.05) is 20.8 Å². The van der Waals surface area contributed by atoms with Crippen LogP contribution in [0, 0.1) is 64.6 Å². The van der Waals surface area contributed by atoms with E-state index in [2.05, 4.69) is 217 Å². The summed E-state index contributed by atoms with van der Waals surface area (Å²) in [5.41, 5.74) is 7.49. The van der Waals surface area contributed by atoms with Crippen molar-refractivity contribution in [2.24, 2.45) is 0 Å². The Bertz CT molecular complexity index is 4300. The number of rotatable bonds is 12. The van der Waals surface area contributed by atoms with E-state index in [1.165, 1.54) is 75.7 Å². The minimum absolute atomic E-state index is 0.299. The predicted octanol–water partition coefficient (Wildman–Crippen LogP) is 22.1. The summed E-state index contributed by atoms with van der Waals surface area (Å²) >= 11 is 20.0. The van der Waals surface area contributed by atoms with Crippen LogP contribution in [0.15, 0.2) is 218 Å². The summed E-state index contributed by atoms with van der Waals surface area (Å²) in [5, 5.41) is 23.6. The SMILES string of the molecule is CCOC(=O)c1cccc(OP(=O)(N(C)C)N(C)C)c1.CCOC(=O)c1cccc(OP(=O)(N(C)C)N(C)C)c1I.Cc1c(I)ccc2ccccc12.Cc1cccc2ccccc12.Cc1ccccc1.Cc1ccccc1I.N#Cc1ccc(Cl)cc1.N#Cc1ccc(Cl)cc1I. The topological polar surface area (TPSA) is 166 Å². The zero-order chi connectivity index (χ0) is 73.1. The number of carbonyl (C=O) groups is 2. The Labute approximate surface area is 644 Å². The van der Waals surface area contributed by atoms with Crippen molar-refractivity contribution in [2.45, 2.75) is 41.5 Å². The number of nitrogens with zero attached hydrogens (tertiary/aromatic N) is 6. The van der Waals surface area contributed by atoms with Crippen molar-refractivity contribution in [3.05, 3.63) is 287 Å². The predicted molar refractivity (Wildman–Crippen MR) is 439 cm³/mol. The highest BCUT2D eigenvalue weighted by atomic mass is 127. The second-order valence-corrected chi connectivity index (χ2v) is 32.6. The smallest absolute Gasteiger partial charge is 0.394 e. The van der Waals surface area contributed by atoms with Crippen LogP contribution in [-0.2, 0) is 18.6 Å². The van der Waals surface area contributed by atoms with E-state index in [0.29, 0.717) is 60.6 Å². The van der Waals surface area contributed by atoms with Gasteiger partial charge in [0.15, 0.2) is 0 Å². The van der Waals surface area contributed by atoms with Crippen molar-refractivity contribution in [1.29, 1.82) is 10.5 Å². The van der Waals surface area contributed by atoms with Crippen molar-refractivity contribution in [1.82, 2.24) is 18.7 Å². The van der Waals surface area contributed by atoms with Crippen molar-refractivity contribution in [3.8, 4) is 23.6 Å². The van der Waals surface area contributed by atoms with Crippen molar-refractivity contribution < 1.29 is 37.2 Å². The highest BCUT2D eigenvalue weighted by Crippen LogP contribution is 2.52. The van der Waals surface area contributed by atoms with Gasteiger partial charge in [-0.2, -0.15) is 10.5 Å². The fourth-order valence-corrected chi connectivity index (χ4v) is 13.8. The number of carbonyl (C=O) groups excluding carboxylic acids is 2. The molecule has 14 nitrogen and oxygen atoms in total. The molecule has 0 saturated carbocycles. The largest absolute Gasteiger partial charge is 0.462 e. The van der Waals surface area contributed by atoms with Gasteiger partial charge in [-0.25, -0.2) is 37.4 Å². The number of nitriles is 2. The second kappa shape index (κ2) is 45.0. The molecule has 516 valence electrons. The lowest BCUT2D eigenvalue weighted by Gasteiger charge is -2.30. The zero-order valence-corrected chi connectivity index (χ0v) is 69.2. The molecule has 0 aliphatic heterocycles. The Morgan fingerprint density at radius 3 is 1.46 bits per heavy atom. The van der Waals surface area contributed by atoms with Gasteiger partial charge in [0.1, 0.15) is 17.6 Å². The van der Waals surface area contributed by atoms with E-state index in [4.69, 9.17) is 52.2 Å². The standard InChI is InChI=1S/C13H20IN2O4P.C13H21N2O4P.C11H9I.C11H10.C7H3ClIN.C7H4ClN.C7H7I.C7H8/c1-6-19-13(17)10-8-7-9-11(12(10)14)20-21(18,15(2)3)16(4)5;1-6-18-13(16)11-8-7-9-12(10-11)19-20(17,14(2)3)15(4)5;1-8-10-5-3-2-4-9(10)6-7-11(8)12;1-9-5-4-7-10-6-2-3-8-11(9)10;8-6-2-1-5(4-10)7(9)3-6;8-7-3-1-6(5-9)2-4-7;1-6-4-2-3-5-7(6)8;1-7-5-3-2-4-6-7/h7-9H,6H2,1-5H3;7-10H,6H2,1-5H3;2-7H,1H3;2-8H,1H3;1-3H;1-4H;2-5H,1H3;2-6H,1H3. The Morgan fingerprint density at radius 2 is 0.949 bits per heavy atom. The number of hydrogen-bond donors (Lipinski definition) is 0. The van der Waals surface area contributed by atoms with E-state index in [1.54, 1.807) is 149 Å². The highest BCUT2D eigenvalue weighted by molar-refractivity contribution is 14.1. The highest BCUT2D eigenvalue weighted by Gasteiger charge is 2.33. The molecule has 0 heterocycles. The molecule has 10 aromatic carbocycles. The maximum absolute atomic E-state index is 12.9. The summed E-state index contributed by atoms with van der Waals surface area (Å²) in [6.45, 7) is 12.6. The number of fused-ring (bicyclic) bond motifs is 2. The van der Waals surface area contributed by atoms with Crippen LogP contribution in [-0.4, -0.2) is 100 Å². The Kier molecular flexibility index (Phi) is 39.6. The first-order valence-corrected chi connectivity index (χ1v) is 38.5. The van der Waals surface area contributed by atoms with Gasteiger partial charge >= 0.3 is 27.3 Å². The van der Waals surface area contributed by atoms with E-state index in [0.717, 1.165) is 3.57 Å². The maximum Gasteiger partial charge on any atom is 0.394 e. The number of esters is 2. The third-order valence-electron chi connectivity index (χ3n) is 13.4. The van der Waals surface area contributed by atoms with Crippen LogP contribution in [0.5, 0.6) is 11.5 Å². The monoisotopic (exact) mass is 1850 g/mol. The summed E-state index contributed by atoms with van der Waals surface area (Å²) in [6, 6.07) is 73.7. The third-order valence-corrected chi connectivity index (χ3v) is 23.2. The average molecular weight is 1850 g/mol. The van der Waals surface area contributed by atoms with Crippen LogP contribution >= 0.6 is 129 Å². The molecule has 0 N–H and O–H groups in total. The zero-order valence-electron chi connectivity index (χ0n) is 57.3. The van der Waals surface area contributed by atoms with Gasteiger partial charge in [-0.3, -0.25) is 0 Å².